The number of nitrogens with one attached hydrogen (secondary N) is 1. The highest BCUT2D eigenvalue weighted by molar-refractivity contribution is 5.64. The zero-order valence-corrected chi connectivity index (χ0v) is 8.37. The van der Waals surface area contributed by atoms with Gasteiger partial charge in [0.15, 0.2) is 0 Å². The maximum atomic E-state index is 13.3. The van der Waals surface area contributed by atoms with E-state index in [0.717, 1.165) is 0 Å². The monoisotopic (exact) mass is 220 g/mol. The van der Waals surface area contributed by atoms with Crippen molar-refractivity contribution in [1.82, 2.24) is 0 Å². The van der Waals surface area contributed by atoms with Crippen LogP contribution in [0.1, 0.15) is 0 Å². The van der Waals surface area contributed by atoms with Crippen molar-refractivity contribution in [3.8, 4) is 0 Å². The zero-order valence-electron chi connectivity index (χ0n) is 8.37. The van der Waals surface area contributed by atoms with Crippen LogP contribution in [-0.2, 0) is 0 Å². The third-order valence-electron chi connectivity index (χ3n) is 2.07. The maximum Gasteiger partial charge on any atom is 0.146 e. The van der Waals surface area contributed by atoms with Gasteiger partial charge in [0.05, 0.1) is 5.69 Å². The van der Waals surface area contributed by atoms with Gasteiger partial charge in [-0.25, -0.2) is 8.78 Å². The molecule has 2 aromatic carbocycles. The fraction of sp³-hybridized carbons (Fsp3) is 0. The first kappa shape index (κ1) is 10.4. The first-order chi connectivity index (χ1) is 7.65. The standard InChI is InChI=1S/C12H10F2N2/c13-8-5-9(15)7-10(6-8)16-12-4-2-1-3-11(12)14/h1-7,16H,15H2. The van der Waals surface area contributed by atoms with E-state index in [1.165, 1.54) is 24.3 Å². The molecule has 0 aliphatic carbocycles. The Kier molecular flexibility index (Phi) is 2.72. The summed E-state index contributed by atoms with van der Waals surface area (Å²) in [6.07, 6.45) is 0. The van der Waals surface area contributed by atoms with Gasteiger partial charge >= 0.3 is 0 Å². The molecular weight excluding hydrogens is 210 g/mol. The Morgan fingerprint density at radius 1 is 1.00 bits per heavy atom. The summed E-state index contributed by atoms with van der Waals surface area (Å²) in [5, 5.41) is 2.76. The van der Waals surface area contributed by atoms with Crippen molar-refractivity contribution in [1.29, 1.82) is 0 Å². The number of rotatable bonds is 2. The quantitative estimate of drug-likeness (QED) is 0.762. The highest BCUT2D eigenvalue weighted by Crippen LogP contribution is 2.22. The number of halogens is 2. The summed E-state index contributed by atoms with van der Waals surface area (Å²) in [6.45, 7) is 0. The minimum absolute atomic E-state index is 0.285. The zero-order chi connectivity index (χ0) is 11.5. The fourth-order valence-electron chi connectivity index (χ4n) is 1.40. The molecule has 0 atom stereocenters. The fourth-order valence-corrected chi connectivity index (χ4v) is 1.40. The third kappa shape index (κ3) is 2.28. The number of hydrogen-bond acceptors (Lipinski definition) is 2. The van der Waals surface area contributed by atoms with E-state index in [0.29, 0.717) is 11.4 Å². The molecule has 2 aromatic rings. The van der Waals surface area contributed by atoms with E-state index in [-0.39, 0.29) is 5.69 Å². The first-order valence-electron chi connectivity index (χ1n) is 4.73. The lowest BCUT2D eigenvalue weighted by atomic mass is 10.2. The molecule has 0 unspecified atom stereocenters. The average molecular weight is 220 g/mol. The van der Waals surface area contributed by atoms with Crippen LogP contribution >= 0.6 is 0 Å². The summed E-state index contributed by atoms with van der Waals surface area (Å²) in [7, 11) is 0. The third-order valence-corrected chi connectivity index (χ3v) is 2.07. The molecule has 2 rings (SSSR count). The topological polar surface area (TPSA) is 38.0 Å². The van der Waals surface area contributed by atoms with E-state index in [4.69, 9.17) is 5.73 Å². The van der Waals surface area contributed by atoms with Gasteiger partial charge in [0, 0.05) is 11.4 Å². The van der Waals surface area contributed by atoms with Gasteiger partial charge in [0.1, 0.15) is 11.6 Å². The van der Waals surface area contributed by atoms with Gasteiger partial charge in [-0.1, -0.05) is 12.1 Å². The molecule has 82 valence electrons. The number of nitrogen functional groups attached to an aromatic ring is 1. The number of hydrogen-bond donors (Lipinski definition) is 2. The summed E-state index contributed by atoms with van der Waals surface area (Å²) >= 11 is 0. The van der Waals surface area contributed by atoms with Crippen molar-refractivity contribution in [2.45, 2.75) is 0 Å². The van der Waals surface area contributed by atoms with Gasteiger partial charge in [-0.05, 0) is 30.3 Å². The summed E-state index contributed by atoms with van der Waals surface area (Å²) in [5.41, 5.74) is 6.47. The molecule has 16 heavy (non-hydrogen) atoms. The number of anilines is 3. The molecule has 0 aliphatic rings. The highest BCUT2D eigenvalue weighted by atomic mass is 19.1. The SMILES string of the molecule is Nc1cc(F)cc(Nc2ccccc2F)c1. The number of para-hydroxylation sites is 1. The first-order valence-corrected chi connectivity index (χ1v) is 4.73. The molecule has 0 fully saturated rings. The molecule has 3 N–H and O–H groups in total. The van der Waals surface area contributed by atoms with Crippen molar-refractivity contribution >= 4 is 17.1 Å². The summed E-state index contributed by atoms with van der Waals surface area (Å²) in [6, 6.07) is 10.2. The smallest absolute Gasteiger partial charge is 0.146 e. The Balaban J connectivity index is 2.30. The lowest BCUT2D eigenvalue weighted by Crippen LogP contribution is -1.95. The molecule has 0 saturated carbocycles. The number of benzene rings is 2. The number of nitrogens with two attached hydrogens (primary N) is 1. The van der Waals surface area contributed by atoms with Gasteiger partial charge in [0.25, 0.3) is 0 Å². The van der Waals surface area contributed by atoms with E-state index >= 15 is 0 Å². The minimum atomic E-state index is -0.459. The molecule has 0 bridgehead atoms. The van der Waals surface area contributed by atoms with Crippen molar-refractivity contribution in [3.63, 3.8) is 0 Å². The van der Waals surface area contributed by atoms with Crippen LogP contribution in [0.3, 0.4) is 0 Å². The van der Waals surface area contributed by atoms with Gasteiger partial charge < -0.3 is 11.1 Å². The second-order valence-corrected chi connectivity index (χ2v) is 3.38. The van der Waals surface area contributed by atoms with Crippen molar-refractivity contribution < 1.29 is 8.78 Å². The normalized spacial score (nSPS) is 10.1. The molecule has 2 nitrogen and oxygen atoms in total. The van der Waals surface area contributed by atoms with Crippen LogP contribution < -0.4 is 11.1 Å². The van der Waals surface area contributed by atoms with E-state index in [1.54, 1.807) is 18.2 Å². The molecule has 0 radical (unpaired) electrons. The largest absolute Gasteiger partial charge is 0.399 e. The van der Waals surface area contributed by atoms with Crippen LogP contribution in [0.15, 0.2) is 42.5 Å². The molecular formula is C12H10F2N2. The lowest BCUT2D eigenvalue weighted by molar-refractivity contribution is 0.627. The summed E-state index contributed by atoms with van der Waals surface area (Å²) < 4.78 is 26.3. The van der Waals surface area contributed by atoms with Crippen molar-refractivity contribution in [3.05, 3.63) is 54.1 Å². The van der Waals surface area contributed by atoms with Gasteiger partial charge in [-0.3, -0.25) is 0 Å². The summed E-state index contributed by atoms with van der Waals surface area (Å²) in [5.74, 6) is -0.857. The van der Waals surface area contributed by atoms with Crippen LogP contribution in [0.5, 0.6) is 0 Å². The molecule has 0 spiro atoms. The maximum absolute atomic E-state index is 13.3. The predicted molar refractivity (Wildman–Crippen MR) is 60.5 cm³/mol. The molecule has 4 heteroatoms. The Morgan fingerprint density at radius 2 is 1.75 bits per heavy atom. The van der Waals surface area contributed by atoms with Crippen LogP contribution in [0, 0.1) is 11.6 Å². The average Bonchev–Trinajstić information content (AvgIpc) is 2.20. The summed E-state index contributed by atoms with van der Waals surface area (Å²) in [4.78, 5) is 0. The van der Waals surface area contributed by atoms with Gasteiger partial charge in [0.2, 0.25) is 0 Å². The molecule has 0 aromatic heterocycles. The minimum Gasteiger partial charge on any atom is -0.399 e. The lowest BCUT2D eigenvalue weighted by Gasteiger charge is -2.08. The Morgan fingerprint density at radius 3 is 2.44 bits per heavy atom. The van der Waals surface area contributed by atoms with Crippen LogP contribution in [0.25, 0.3) is 0 Å². The molecule has 0 saturated heterocycles. The van der Waals surface area contributed by atoms with Crippen LogP contribution in [0.2, 0.25) is 0 Å². The van der Waals surface area contributed by atoms with E-state index in [9.17, 15) is 8.78 Å². The Labute approximate surface area is 91.7 Å². The molecule has 0 amide bonds. The van der Waals surface area contributed by atoms with Gasteiger partial charge in [-0.15, -0.1) is 0 Å². The van der Waals surface area contributed by atoms with Crippen LogP contribution in [-0.4, -0.2) is 0 Å². The predicted octanol–water partition coefficient (Wildman–Crippen LogP) is 3.29. The van der Waals surface area contributed by atoms with Crippen molar-refractivity contribution in [2.75, 3.05) is 11.1 Å². The van der Waals surface area contributed by atoms with Crippen molar-refractivity contribution in [2.24, 2.45) is 0 Å². The Hall–Kier alpha value is -2.10. The molecule has 0 aliphatic heterocycles. The van der Waals surface area contributed by atoms with Crippen LogP contribution in [0.4, 0.5) is 25.8 Å². The highest BCUT2D eigenvalue weighted by Gasteiger charge is 2.02. The second-order valence-electron chi connectivity index (χ2n) is 3.38. The Bertz CT molecular complexity index is 492. The van der Waals surface area contributed by atoms with E-state index in [2.05, 4.69) is 5.32 Å². The molecule has 0 heterocycles. The van der Waals surface area contributed by atoms with E-state index < -0.39 is 11.6 Å². The van der Waals surface area contributed by atoms with Gasteiger partial charge in [-0.2, -0.15) is 0 Å². The second kappa shape index (κ2) is 4.18. The van der Waals surface area contributed by atoms with E-state index in [1.807, 2.05) is 0 Å².